The number of aromatic nitrogens is 5. The molecule has 0 amide bonds. The first-order valence-corrected chi connectivity index (χ1v) is 7.91. The van der Waals surface area contributed by atoms with Crippen molar-refractivity contribution in [1.29, 1.82) is 0 Å². The van der Waals surface area contributed by atoms with E-state index >= 15 is 0 Å². The van der Waals surface area contributed by atoms with Crippen molar-refractivity contribution in [1.82, 2.24) is 25.6 Å². The number of anilines is 1. The van der Waals surface area contributed by atoms with E-state index in [4.69, 9.17) is 5.11 Å². The second-order valence-electron chi connectivity index (χ2n) is 5.53. The molecule has 2 aromatic heterocycles. The zero-order chi connectivity index (χ0) is 17.4. The molecule has 0 aliphatic carbocycles. The second kappa shape index (κ2) is 8.92. The van der Waals surface area contributed by atoms with Gasteiger partial charge in [0.25, 0.3) is 0 Å². The molecule has 0 aliphatic rings. The van der Waals surface area contributed by atoms with Gasteiger partial charge in [0.2, 0.25) is 0 Å². The molecule has 0 saturated heterocycles. The number of nitrogens with one attached hydrogen (secondary N) is 2. The fourth-order valence-corrected chi connectivity index (χ4v) is 2.65. The van der Waals surface area contributed by atoms with Crippen LogP contribution in [0.5, 0.6) is 0 Å². The molecule has 9 nitrogen and oxygen atoms in total. The van der Waals surface area contributed by atoms with Crippen molar-refractivity contribution in [3.8, 4) is 0 Å². The van der Waals surface area contributed by atoms with Crippen molar-refractivity contribution in [3.63, 3.8) is 0 Å². The van der Waals surface area contributed by atoms with Crippen LogP contribution in [0.4, 0.5) is 5.82 Å². The number of tetrazole rings is 1. The summed E-state index contributed by atoms with van der Waals surface area (Å²) >= 11 is 0. The Labute approximate surface area is 139 Å². The third-order valence-electron chi connectivity index (χ3n) is 3.81. The Balaban J connectivity index is 2.17. The molecule has 0 aromatic carbocycles. The summed E-state index contributed by atoms with van der Waals surface area (Å²) in [6.07, 6.45) is 3.48. The number of hydrogen-bond acceptors (Lipinski definition) is 7. The number of rotatable bonds is 10. The molecule has 2 heterocycles. The molecular formula is C15H22N6O3. The van der Waals surface area contributed by atoms with E-state index in [0.29, 0.717) is 31.0 Å². The number of carboxylic acid groups (broad SMARTS) is 1. The van der Waals surface area contributed by atoms with Crippen LogP contribution in [0, 0.1) is 5.92 Å². The minimum Gasteiger partial charge on any atom is -0.481 e. The highest BCUT2D eigenvalue weighted by Gasteiger charge is 2.31. The fraction of sp³-hybridized carbons (Fsp3) is 0.533. The minimum absolute atomic E-state index is 0.0291. The van der Waals surface area contributed by atoms with Gasteiger partial charge in [-0.15, -0.1) is 5.10 Å². The first-order valence-electron chi connectivity index (χ1n) is 7.91. The van der Waals surface area contributed by atoms with Crippen LogP contribution in [-0.4, -0.2) is 54.9 Å². The highest BCUT2D eigenvalue weighted by molar-refractivity contribution is 5.71. The summed E-state index contributed by atoms with van der Waals surface area (Å²) in [5.41, 5.74) is 0.897. The number of pyridine rings is 1. The van der Waals surface area contributed by atoms with E-state index in [-0.39, 0.29) is 12.5 Å². The number of hydrogen-bond donors (Lipinski definition) is 4. The summed E-state index contributed by atoms with van der Waals surface area (Å²) in [6.45, 7) is 2.41. The number of aliphatic hydroxyl groups excluding tert-OH is 1. The molecule has 0 bridgehead atoms. The Morgan fingerprint density at radius 3 is 2.79 bits per heavy atom. The summed E-state index contributed by atoms with van der Waals surface area (Å²) in [5.74, 6) is -0.646. The molecule has 0 saturated carbocycles. The molecule has 24 heavy (non-hydrogen) atoms. The molecule has 9 heteroatoms. The Morgan fingerprint density at radius 2 is 2.25 bits per heavy atom. The lowest BCUT2D eigenvalue weighted by molar-refractivity contribution is -0.142. The van der Waals surface area contributed by atoms with E-state index in [2.05, 4.69) is 30.9 Å². The van der Waals surface area contributed by atoms with Gasteiger partial charge in [-0.2, -0.15) is 0 Å². The molecule has 2 aromatic rings. The first kappa shape index (κ1) is 17.8. The van der Waals surface area contributed by atoms with Crippen LogP contribution < -0.4 is 5.32 Å². The van der Waals surface area contributed by atoms with Gasteiger partial charge in [0.15, 0.2) is 5.82 Å². The monoisotopic (exact) mass is 334 g/mol. The molecule has 0 fully saturated rings. The highest BCUT2D eigenvalue weighted by Crippen LogP contribution is 2.29. The molecule has 0 spiro atoms. The van der Waals surface area contributed by atoms with Gasteiger partial charge in [-0.1, -0.05) is 19.4 Å². The van der Waals surface area contributed by atoms with E-state index in [0.717, 1.165) is 12.0 Å². The number of H-pyrrole nitrogens is 1. The Kier molecular flexibility index (Phi) is 6.62. The third-order valence-corrected chi connectivity index (χ3v) is 3.81. The van der Waals surface area contributed by atoms with Crippen LogP contribution in [0.15, 0.2) is 18.3 Å². The van der Waals surface area contributed by atoms with Crippen LogP contribution in [0.1, 0.15) is 37.1 Å². The average molecular weight is 334 g/mol. The smallest absolute Gasteiger partial charge is 0.307 e. The van der Waals surface area contributed by atoms with Gasteiger partial charge in [-0.3, -0.25) is 4.79 Å². The van der Waals surface area contributed by atoms with E-state index < -0.39 is 11.9 Å². The van der Waals surface area contributed by atoms with Crippen LogP contribution in [0.3, 0.4) is 0 Å². The second-order valence-corrected chi connectivity index (χ2v) is 5.53. The van der Waals surface area contributed by atoms with Crippen molar-refractivity contribution in [2.24, 2.45) is 5.92 Å². The van der Waals surface area contributed by atoms with E-state index in [9.17, 15) is 9.90 Å². The van der Waals surface area contributed by atoms with Gasteiger partial charge in [0.1, 0.15) is 5.82 Å². The number of carboxylic acids is 1. The molecule has 2 atom stereocenters. The first-order chi connectivity index (χ1) is 11.7. The average Bonchev–Trinajstić information content (AvgIpc) is 3.11. The molecule has 0 aliphatic heterocycles. The zero-order valence-corrected chi connectivity index (χ0v) is 13.5. The lowest BCUT2D eigenvalue weighted by atomic mass is 9.83. The minimum atomic E-state index is -0.854. The maximum absolute atomic E-state index is 11.7. The van der Waals surface area contributed by atoms with Gasteiger partial charge in [0, 0.05) is 18.7 Å². The molecule has 2 rings (SSSR count). The van der Waals surface area contributed by atoms with E-state index in [1.165, 1.54) is 0 Å². The molecule has 4 N–H and O–H groups in total. The summed E-state index contributed by atoms with van der Waals surface area (Å²) in [4.78, 5) is 15.9. The summed E-state index contributed by atoms with van der Waals surface area (Å²) in [6, 6.07) is 3.69. The Bertz CT molecular complexity index is 617. The quantitative estimate of drug-likeness (QED) is 0.501. The summed E-state index contributed by atoms with van der Waals surface area (Å²) in [5, 5.41) is 35.1. The number of aliphatic carboxylic acids is 1. The van der Waals surface area contributed by atoms with Crippen molar-refractivity contribution in [2.75, 3.05) is 18.5 Å². The normalized spacial score (nSPS) is 13.4. The van der Waals surface area contributed by atoms with Gasteiger partial charge in [0.05, 0.1) is 12.5 Å². The van der Waals surface area contributed by atoms with Crippen molar-refractivity contribution < 1.29 is 15.0 Å². The largest absolute Gasteiger partial charge is 0.481 e. The third kappa shape index (κ3) is 4.72. The molecule has 130 valence electrons. The maximum Gasteiger partial charge on any atom is 0.307 e. The predicted molar refractivity (Wildman–Crippen MR) is 86.5 cm³/mol. The maximum atomic E-state index is 11.7. The number of nitrogens with zero attached hydrogens (tertiary/aromatic N) is 4. The van der Waals surface area contributed by atoms with Crippen molar-refractivity contribution in [2.45, 2.75) is 32.1 Å². The highest BCUT2D eigenvalue weighted by atomic mass is 16.4. The van der Waals surface area contributed by atoms with Crippen molar-refractivity contribution >= 4 is 11.8 Å². The number of carbonyl (C=O) groups is 1. The van der Waals surface area contributed by atoms with Crippen LogP contribution >= 0.6 is 0 Å². The summed E-state index contributed by atoms with van der Waals surface area (Å²) in [7, 11) is 0. The molecular weight excluding hydrogens is 312 g/mol. The van der Waals surface area contributed by atoms with Gasteiger partial charge >= 0.3 is 5.97 Å². The Hall–Kier alpha value is -2.55. The van der Waals surface area contributed by atoms with Gasteiger partial charge in [-0.05, 0) is 34.9 Å². The van der Waals surface area contributed by atoms with E-state index in [1.807, 2.05) is 13.0 Å². The molecule has 1 unspecified atom stereocenters. The Morgan fingerprint density at radius 1 is 1.42 bits per heavy atom. The summed E-state index contributed by atoms with van der Waals surface area (Å²) < 4.78 is 0. The lowest BCUT2D eigenvalue weighted by Gasteiger charge is -2.21. The number of aromatic amines is 1. The molecule has 0 radical (unpaired) electrons. The topological polar surface area (TPSA) is 137 Å². The lowest BCUT2D eigenvalue weighted by Crippen LogP contribution is -2.25. The van der Waals surface area contributed by atoms with Crippen LogP contribution in [-0.2, 0) is 11.2 Å². The van der Waals surface area contributed by atoms with E-state index in [1.54, 1.807) is 12.3 Å². The number of aliphatic hydroxyl groups is 1. The zero-order valence-electron chi connectivity index (χ0n) is 13.5. The fourth-order valence-electron chi connectivity index (χ4n) is 2.65. The van der Waals surface area contributed by atoms with Gasteiger partial charge in [-0.25, -0.2) is 10.1 Å². The standard InChI is InChI=1S/C15H22N6O3/c1-2-3-11(15(23)24)12(14-18-20-21-19-14)8-10-4-5-13(17-9-10)16-6-7-22/h4-5,9,11-12,22H,2-3,6-8H2,1H3,(H,16,17)(H,23,24)(H,18,19,20,21)/t11?,12-/m0/s1. The predicted octanol–water partition coefficient (Wildman–Crippen LogP) is 0.826. The SMILES string of the molecule is CCCC(C(=O)O)[C@H](Cc1ccc(NCCO)nc1)c1nnn[nH]1. The van der Waals surface area contributed by atoms with Gasteiger partial charge < -0.3 is 15.5 Å². The van der Waals surface area contributed by atoms with Crippen LogP contribution in [0.25, 0.3) is 0 Å². The van der Waals surface area contributed by atoms with Crippen molar-refractivity contribution in [3.05, 3.63) is 29.7 Å². The van der Waals surface area contributed by atoms with Crippen LogP contribution in [0.2, 0.25) is 0 Å².